The van der Waals surface area contributed by atoms with Crippen LogP contribution in [0.25, 0.3) is 16.5 Å². The van der Waals surface area contributed by atoms with Gasteiger partial charge in [-0.3, -0.25) is 4.79 Å². The Morgan fingerprint density at radius 2 is 1.96 bits per heavy atom. The molecule has 1 aliphatic heterocycles. The predicted octanol–water partition coefficient (Wildman–Crippen LogP) is 3.63. The minimum Gasteiger partial charge on any atom is -0.496 e. The van der Waals surface area contributed by atoms with Crippen LogP contribution in [0.5, 0.6) is 5.75 Å². The molecule has 1 saturated heterocycles. The molecule has 0 spiro atoms. The number of ether oxygens (including phenoxy) is 1. The Bertz CT molecular complexity index is 843. The van der Waals surface area contributed by atoms with E-state index in [1.54, 1.807) is 19.4 Å². The van der Waals surface area contributed by atoms with Gasteiger partial charge in [0.05, 0.1) is 13.4 Å². The summed E-state index contributed by atoms with van der Waals surface area (Å²) in [5.74, 6) is 0.839. The standard InChI is InChI=1S/C21H28N2O3/c1-6-22-7-9-23(10-8-22)19(24)11-14(2)17-12-18-15(3)13-26-21(18)16(4)20(17)25-5/h11-13H,6-10H2,1-5H3/b14-11+. The van der Waals surface area contributed by atoms with E-state index in [9.17, 15) is 4.79 Å². The molecule has 0 unspecified atom stereocenters. The first-order chi connectivity index (χ1) is 12.5. The highest BCUT2D eigenvalue weighted by molar-refractivity contribution is 5.98. The molecule has 26 heavy (non-hydrogen) atoms. The van der Waals surface area contributed by atoms with Crippen LogP contribution in [0.2, 0.25) is 0 Å². The van der Waals surface area contributed by atoms with Gasteiger partial charge in [-0.2, -0.15) is 0 Å². The Kier molecular flexibility index (Phi) is 5.37. The number of carbonyl (C=O) groups excluding carboxylic acids is 1. The van der Waals surface area contributed by atoms with Gasteiger partial charge < -0.3 is 19.0 Å². The van der Waals surface area contributed by atoms with Crippen molar-refractivity contribution in [3.8, 4) is 5.75 Å². The van der Waals surface area contributed by atoms with Crippen LogP contribution in [0.3, 0.4) is 0 Å². The van der Waals surface area contributed by atoms with Gasteiger partial charge >= 0.3 is 0 Å². The summed E-state index contributed by atoms with van der Waals surface area (Å²) >= 11 is 0. The van der Waals surface area contributed by atoms with Gasteiger partial charge in [0.15, 0.2) is 0 Å². The number of methoxy groups -OCH3 is 1. The lowest BCUT2D eigenvalue weighted by Gasteiger charge is -2.33. The molecule has 140 valence electrons. The van der Waals surface area contributed by atoms with Crippen molar-refractivity contribution in [2.45, 2.75) is 27.7 Å². The average Bonchev–Trinajstić information content (AvgIpc) is 3.02. The summed E-state index contributed by atoms with van der Waals surface area (Å²) in [5.41, 5.74) is 4.75. The number of hydrogen-bond acceptors (Lipinski definition) is 4. The zero-order valence-corrected chi connectivity index (χ0v) is 16.4. The second kappa shape index (κ2) is 7.54. The van der Waals surface area contributed by atoms with E-state index in [0.29, 0.717) is 0 Å². The van der Waals surface area contributed by atoms with E-state index in [0.717, 1.165) is 71.7 Å². The monoisotopic (exact) mass is 356 g/mol. The van der Waals surface area contributed by atoms with Gasteiger partial charge in [-0.15, -0.1) is 0 Å². The molecule has 0 saturated carbocycles. The van der Waals surface area contributed by atoms with Crippen molar-refractivity contribution in [1.29, 1.82) is 0 Å². The summed E-state index contributed by atoms with van der Waals surface area (Å²) in [7, 11) is 1.66. The van der Waals surface area contributed by atoms with Crippen molar-refractivity contribution >= 4 is 22.4 Å². The summed E-state index contributed by atoms with van der Waals surface area (Å²) in [5, 5.41) is 1.06. The normalized spacial score (nSPS) is 16.3. The van der Waals surface area contributed by atoms with Gasteiger partial charge in [0, 0.05) is 48.8 Å². The number of rotatable bonds is 4. The molecule has 1 aromatic heterocycles. The van der Waals surface area contributed by atoms with Gasteiger partial charge in [-0.1, -0.05) is 6.92 Å². The number of nitrogens with zero attached hydrogens (tertiary/aromatic N) is 2. The predicted molar refractivity (Wildman–Crippen MR) is 105 cm³/mol. The molecule has 3 rings (SSSR count). The summed E-state index contributed by atoms with van der Waals surface area (Å²) < 4.78 is 11.3. The molecule has 5 nitrogen and oxygen atoms in total. The fourth-order valence-corrected chi connectivity index (χ4v) is 3.63. The van der Waals surface area contributed by atoms with Crippen LogP contribution in [-0.2, 0) is 4.79 Å². The summed E-state index contributed by atoms with van der Waals surface area (Å²) in [4.78, 5) is 17.0. The first-order valence-electron chi connectivity index (χ1n) is 9.21. The number of amides is 1. The van der Waals surface area contributed by atoms with Crippen molar-refractivity contribution in [3.05, 3.63) is 35.1 Å². The van der Waals surface area contributed by atoms with Crippen molar-refractivity contribution in [2.24, 2.45) is 0 Å². The average molecular weight is 356 g/mol. The minimum atomic E-state index is 0.0713. The second-order valence-corrected chi connectivity index (χ2v) is 6.96. The molecule has 2 heterocycles. The molecule has 0 aliphatic carbocycles. The van der Waals surface area contributed by atoms with E-state index >= 15 is 0 Å². The van der Waals surface area contributed by atoms with Crippen LogP contribution < -0.4 is 4.74 Å². The highest BCUT2D eigenvalue weighted by Gasteiger charge is 2.20. The Morgan fingerprint density at radius 1 is 1.27 bits per heavy atom. The molecule has 0 bridgehead atoms. The Hall–Kier alpha value is -2.27. The summed E-state index contributed by atoms with van der Waals surface area (Å²) in [6, 6.07) is 2.06. The molecule has 0 atom stereocenters. The van der Waals surface area contributed by atoms with Crippen molar-refractivity contribution in [2.75, 3.05) is 39.8 Å². The Labute approximate surface area is 155 Å². The molecule has 1 fully saturated rings. The molecule has 1 aliphatic rings. The van der Waals surface area contributed by atoms with Gasteiger partial charge in [-0.25, -0.2) is 0 Å². The number of hydrogen-bond donors (Lipinski definition) is 0. The third kappa shape index (κ3) is 3.36. The van der Waals surface area contributed by atoms with Crippen LogP contribution in [0, 0.1) is 13.8 Å². The highest BCUT2D eigenvalue weighted by Crippen LogP contribution is 2.37. The topological polar surface area (TPSA) is 45.9 Å². The molecular formula is C21H28N2O3. The highest BCUT2D eigenvalue weighted by atomic mass is 16.5. The summed E-state index contributed by atoms with van der Waals surface area (Å²) in [6.45, 7) is 12.6. The second-order valence-electron chi connectivity index (χ2n) is 6.96. The Balaban J connectivity index is 1.91. The molecule has 2 aromatic rings. The minimum absolute atomic E-state index is 0.0713. The van der Waals surface area contributed by atoms with E-state index in [1.807, 2.05) is 25.7 Å². The van der Waals surface area contributed by atoms with Crippen LogP contribution in [0.1, 0.15) is 30.5 Å². The molecule has 5 heteroatoms. The lowest BCUT2D eigenvalue weighted by molar-refractivity contribution is -0.127. The van der Waals surface area contributed by atoms with E-state index < -0.39 is 0 Å². The number of aryl methyl sites for hydroxylation is 2. The SMILES string of the molecule is CCN1CCN(C(=O)/C=C(\C)c2cc3c(C)coc3c(C)c2OC)CC1. The van der Waals surface area contributed by atoms with Crippen molar-refractivity contribution < 1.29 is 13.9 Å². The number of piperazine rings is 1. The number of carbonyl (C=O) groups is 1. The molecule has 1 amide bonds. The molecular weight excluding hydrogens is 328 g/mol. The van der Waals surface area contributed by atoms with Gasteiger partial charge in [0.25, 0.3) is 0 Å². The zero-order valence-electron chi connectivity index (χ0n) is 16.4. The number of furan rings is 1. The number of benzene rings is 1. The van der Waals surface area contributed by atoms with E-state index in [-0.39, 0.29) is 5.91 Å². The van der Waals surface area contributed by atoms with Gasteiger partial charge in [0.1, 0.15) is 11.3 Å². The fraction of sp³-hybridized carbons (Fsp3) is 0.476. The third-order valence-corrected chi connectivity index (χ3v) is 5.34. The first kappa shape index (κ1) is 18.5. The largest absolute Gasteiger partial charge is 0.496 e. The fourth-order valence-electron chi connectivity index (χ4n) is 3.63. The maximum absolute atomic E-state index is 12.7. The summed E-state index contributed by atoms with van der Waals surface area (Å²) in [6.07, 6.45) is 3.50. The van der Waals surface area contributed by atoms with Crippen molar-refractivity contribution in [3.63, 3.8) is 0 Å². The van der Waals surface area contributed by atoms with Crippen LogP contribution in [0.4, 0.5) is 0 Å². The quantitative estimate of drug-likeness (QED) is 0.785. The van der Waals surface area contributed by atoms with Crippen LogP contribution in [-0.4, -0.2) is 55.5 Å². The van der Waals surface area contributed by atoms with Crippen LogP contribution in [0.15, 0.2) is 22.8 Å². The molecule has 0 N–H and O–H groups in total. The smallest absolute Gasteiger partial charge is 0.246 e. The number of allylic oxidation sites excluding steroid dienone is 1. The van der Waals surface area contributed by atoms with Crippen molar-refractivity contribution in [1.82, 2.24) is 9.80 Å². The lowest BCUT2D eigenvalue weighted by Crippen LogP contribution is -2.48. The first-order valence-corrected chi connectivity index (χ1v) is 9.21. The van der Waals surface area contributed by atoms with Gasteiger partial charge in [-0.05, 0) is 44.5 Å². The van der Waals surface area contributed by atoms with E-state index in [2.05, 4.69) is 17.9 Å². The number of likely N-dealkylation sites (N-methyl/N-ethyl adjacent to an activating group) is 1. The number of fused-ring (bicyclic) bond motifs is 1. The zero-order chi connectivity index (χ0) is 18.8. The third-order valence-electron chi connectivity index (χ3n) is 5.34. The maximum atomic E-state index is 12.7. The van der Waals surface area contributed by atoms with Crippen LogP contribution >= 0.6 is 0 Å². The van der Waals surface area contributed by atoms with Gasteiger partial charge in [0.2, 0.25) is 5.91 Å². The maximum Gasteiger partial charge on any atom is 0.246 e. The lowest BCUT2D eigenvalue weighted by atomic mass is 9.98. The van der Waals surface area contributed by atoms with E-state index in [1.165, 1.54) is 0 Å². The molecule has 0 radical (unpaired) electrons. The molecule has 1 aromatic carbocycles. The van der Waals surface area contributed by atoms with E-state index in [4.69, 9.17) is 9.15 Å². The Morgan fingerprint density at radius 3 is 2.58 bits per heavy atom.